The van der Waals surface area contributed by atoms with Gasteiger partial charge in [0.05, 0.1) is 0 Å². The molecule has 2 aliphatic carbocycles. The number of hydrogen-bond acceptors (Lipinski definition) is 2. The van der Waals surface area contributed by atoms with Crippen LogP contribution in [0.5, 0.6) is 0 Å². The fourth-order valence-corrected chi connectivity index (χ4v) is 2.72. The van der Waals surface area contributed by atoms with Crippen LogP contribution in [-0.4, -0.2) is 30.4 Å². The first kappa shape index (κ1) is 15.2. The first-order valence-electron chi connectivity index (χ1n) is 7.18. The van der Waals surface area contributed by atoms with Crippen molar-refractivity contribution in [1.29, 1.82) is 0 Å². The second-order valence-electron chi connectivity index (χ2n) is 5.65. The van der Waals surface area contributed by atoms with Crippen molar-refractivity contribution < 1.29 is 4.79 Å². The summed E-state index contributed by atoms with van der Waals surface area (Å²) >= 11 is 0. The van der Waals surface area contributed by atoms with Gasteiger partial charge in [-0.05, 0) is 39.8 Å². The minimum absolute atomic E-state index is 0.155. The highest BCUT2D eigenvalue weighted by Crippen LogP contribution is 2.33. The third kappa shape index (κ3) is 4.42. The zero-order valence-electron chi connectivity index (χ0n) is 11.9. The van der Waals surface area contributed by atoms with Crippen LogP contribution in [0.1, 0.15) is 64.2 Å². The molecule has 0 aromatic rings. The van der Waals surface area contributed by atoms with Gasteiger partial charge in [0, 0.05) is 25.7 Å². The molecule has 18 heavy (non-hydrogen) atoms. The van der Waals surface area contributed by atoms with E-state index < -0.39 is 0 Å². The van der Waals surface area contributed by atoms with Gasteiger partial charge in [-0.15, -0.1) is 0 Å². The van der Waals surface area contributed by atoms with Crippen LogP contribution >= 0.6 is 0 Å². The lowest BCUT2D eigenvalue weighted by atomic mass is 9.89. The van der Waals surface area contributed by atoms with Gasteiger partial charge in [-0.25, -0.2) is 11.5 Å². The van der Waals surface area contributed by atoms with Crippen LogP contribution in [0.25, 0.3) is 4.85 Å². The molecular formula is C15H26N2O. The van der Waals surface area contributed by atoms with Gasteiger partial charge in [-0.2, -0.15) is 0 Å². The predicted molar refractivity (Wildman–Crippen MR) is 74.2 cm³/mol. The van der Waals surface area contributed by atoms with E-state index in [4.69, 9.17) is 6.57 Å². The van der Waals surface area contributed by atoms with Crippen LogP contribution in [0.3, 0.4) is 0 Å². The number of Topliss-reactive ketones (excluding diaryl/α,β-unsaturated/α-hetero) is 1. The monoisotopic (exact) mass is 250 g/mol. The SMILES string of the molecule is O=C1CCCCC1.[C-]#[N+]C1(N(C)C)CCCCC1. The molecule has 0 N–H and O–H groups in total. The van der Waals surface area contributed by atoms with E-state index in [1.807, 2.05) is 14.1 Å². The molecule has 0 bridgehead atoms. The summed E-state index contributed by atoms with van der Waals surface area (Å²) in [5.41, 5.74) is -0.155. The third-order valence-electron chi connectivity index (χ3n) is 4.11. The standard InChI is InChI=1S/C9H16N2.C6H10O/c1-10-9(11(2)3)7-5-4-6-8-9;7-6-4-2-1-3-5-6/h4-8H2,2-3H3;1-5H2. The van der Waals surface area contributed by atoms with Gasteiger partial charge in [0.1, 0.15) is 5.78 Å². The zero-order chi connectivity index (χ0) is 13.4. The highest BCUT2D eigenvalue weighted by Gasteiger charge is 2.40. The molecule has 0 atom stereocenters. The summed E-state index contributed by atoms with van der Waals surface area (Å²) in [5, 5.41) is 0. The maximum Gasteiger partial charge on any atom is 0.288 e. The van der Waals surface area contributed by atoms with Crippen LogP contribution in [-0.2, 0) is 4.79 Å². The molecule has 2 fully saturated rings. The second kappa shape index (κ2) is 7.53. The number of carbonyl (C=O) groups is 1. The Kier molecular flexibility index (Phi) is 6.35. The number of rotatable bonds is 1. The van der Waals surface area contributed by atoms with E-state index >= 15 is 0 Å². The van der Waals surface area contributed by atoms with Crippen LogP contribution in [0.4, 0.5) is 0 Å². The Balaban J connectivity index is 0.000000199. The molecule has 102 valence electrons. The maximum atomic E-state index is 10.5. The molecule has 3 nitrogen and oxygen atoms in total. The molecule has 2 rings (SSSR count). The van der Waals surface area contributed by atoms with Crippen molar-refractivity contribution >= 4 is 5.78 Å². The van der Waals surface area contributed by atoms with E-state index in [0.717, 1.165) is 38.5 Å². The van der Waals surface area contributed by atoms with E-state index in [2.05, 4.69) is 9.74 Å². The fourth-order valence-electron chi connectivity index (χ4n) is 2.72. The molecule has 2 aliphatic rings. The summed E-state index contributed by atoms with van der Waals surface area (Å²) in [6.45, 7) is 7.16. The lowest BCUT2D eigenvalue weighted by molar-refractivity contribution is -0.120. The minimum atomic E-state index is -0.155. The number of ketones is 1. The average Bonchev–Trinajstić information content (AvgIpc) is 2.41. The normalized spacial score (nSPS) is 22.9. The first-order valence-corrected chi connectivity index (χ1v) is 7.18. The van der Waals surface area contributed by atoms with Crippen molar-refractivity contribution in [2.75, 3.05) is 14.1 Å². The van der Waals surface area contributed by atoms with Crippen molar-refractivity contribution in [1.82, 2.24) is 4.90 Å². The quantitative estimate of drug-likeness (QED) is 0.664. The van der Waals surface area contributed by atoms with Crippen LogP contribution in [0.2, 0.25) is 0 Å². The van der Waals surface area contributed by atoms with Gasteiger partial charge in [0.15, 0.2) is 0 Å². The Bertz CT molecular complexity index is 290. The van der Waals surface area contributed by atoms with Crippen molar-refractivity contribution in [3.8, 4) is 0 Å². The molecule has 0 aliphatic heterocycles. The average molecular weight is 250 g/mol. The largest absolute Gasteiger partial charge is 0.300 e. The molecule has 0 heterocycles. The molecule has 0 radical (unpaired) electrons. The van der Waals surface area contributed by atoms with Crippen LogP contribution in [0.15, 0.2) is 0 Å². The number of nitrogens with zero attached hydrogens (tertiary/aromatic N) is 2. The van der Waals surface area contributed by atoms with Gasteiger partial charge in [-0.3, -0.25) is 9.64 Å². The Morgan fingerprint density at radius 3 is 1.78 bits per heavy atom. The molecular weight excluding hydrogens is 224 g/mol. The van der Waals surface area contributed by atoms with E-state index in [0.29, 0.717) is 5.78 Å². The van der Waals surface area contributed by atoms with Crippen LogP contribution < -0.4 is 0 Å². The van der Waals surface area contributed by atoms with Crippen molar-refractivity contribution in [3.63, 3.8) is 0 Å². The molecule has 0 aromatic carbocycles. The van der Waals surface area contributed by atoms with Crippen LogP contribution in [0, 0.1) is 6.57 Å². The van der Waals surface area contributed by atoms with Crippen molar-refractivity contribution in [2.24, 2.45) is 0 Å². The maximum absolute atomic E-state index is 10.5. The summed E-state index contributed by atoms with van der Waals surface area (Å²) in [6.07, 6.45) is 11.1. The molecule has 0 aromatic heterocycles. The van der Waals surface area contributed by atoms with Crippen molar-refractivity contribution in [3.05, 3.63) is 11.4 Å². The third-order valence-corrected chi connectivity index (χ3v) is 4.11. The highest BCUT2D eigenvalue weighted by molar-refractivity contribution is 5.78. The Hall–Kier alpha value is -0.880. The summed E-state index contributed by atoms with van der Waals surface area (Å²) < 4.78 is 0. The summed E-state index contributed by atoms with van der Waals surface area (Å²) in [5.74, 6) is 0.464. The molecule has 3 heteroatoms. The highest BCUT2D eigenvalue weighted by atomic mass is 16.1. The summed E-state index contributed by atoms with van der Waals surface area (Å²) in [6, 6.07) is 0. The molecule has 0 saturated heterocycles. The minimum Gasteiger partial charge on any atom is -0.300 e. The zero-order valence-corrected chi connectivity index (χ0v) is 11.9. The lowest BCUT2D eigenvalue weighted by Crippen LogP contribution is -2.42. The molecule has 0 unspecified atom stereocenters. The van der Waals surface area contributed by atoms with E-state index in [1.54, 1.807) is 0 Å². The van der Waals surface area contributed by atoms with Gasteiger partial charge < -0.3 is 0 Å². The van der Waals surface area contributed by atoms with E-state index in [9.17, 15) is 4.79 Å². The molecule has 0 spiro atoms. The van der Waals surface area contributed by atoms with E-state index in [1.165, 1.54) is 25.7 Å². The number of carbonyl (C=O) groups excluding carboxylic acids is 1. The molecule has 0 amide bonds. The Labute approximate surface area is 111 Å². The topological polar surface area (TPSA) is 24.7 Å². The Morgan fingerprint density at radius 1 is 1.00 bits per heavy atom. The van der Waals surface area contributed by atoms with Gasteiger partial charge in [0.25, 0.3) is 5.66 Å². The van der Waals surface area contributed by atoms with Gasteiger partial charge >= 0.3 is 0 Å². The number of hydrogen-bond donors (Lipinski definition) is 0. The lowest BCUT2D eigenvalue weighted by Gasteiger charge is -2.31. The van der Waals surface area contributed by atoms with Gasteiger partial charge in [0.2, 0.25) is 0 Å². The van der Waals surface area contributed by atoms with E-state index in [-0.39, 0.29) is 5.66 Å². The first-order chi connectivity index (χ1) is 8.60. The Morgan fingerprint density at radius 2 is 1.50 bits per heavy atom. The second-order valence-corrected chi connectivity index (χ2v) is 5.65. The molecule has 2 saturated carbocycles. The summed E-state index contributed by atoms with van der Waals surface area (Å²) in [4.78, 5) is 16.3. The summed E-state index contributed by atoms with van der Waals surface area (Å²) in [7, 11) is 4.03. The predicted octanol–water partition coefficient (Wildman–Crippen LogP) is 3.65. The smallest absolute Gasteiger partial charge is 0.288 e. The van der Waals surface area contributed by atoms with Gasteiger partial charge in [-0.1, -0.05) is 12.8 Å². The fraction of sp³-hybridized carbons (Fsp3) is 0.867. The van der Waals surface area contributed by atoms with Crippen molar-refractivity contribution in [2.45, 2.75) is 69.9 Å².